The smallest absolute Gasteiger partial charge is 0.119 e. The molecule has 0 bridgehead atoms. The number of nitrogens with one attached hydrogen (secondary N) is 1. The molecule has 1 aromatic rings. The maximum atomic E-state index is 10.9. The second-order valence-corrected chi connectivity index (χ2v) is 5.99. The first-order valence-corrected chi connectivity index (χ1v) is 8.12. The lowest BCUT2D eigenvalue weighted by atomic mass is 10.2. The molecule has 1 aromatic carbocycles. The summed E-state index contributed by atoms with van der Waals surface area (Å²) in [7, 11) is -0.685. The fraction of sp³-hybridized carbons (Fsp3) is 0.571. The van der Waals surface area contributed by atoms with E-state index >= 15 is 0 Å². The van der Waals surface area contributed by atoms with Gasteiger partial charge in [0, 0.05) is 28.9 Å². The summed E-state index contributed by atoms with van der Waals surface area (Å²) >= 11 is 0. The first-order valence-electron chi connectivity index (χ1n) is 6.39. The zero-order chi connectivity index (χ0) is 13.2. The summed E-state index contributed by atoms with van der Waals surface area (Å²) in [4.78, 5) is 0. The lowest BCUT2D eigenvalue weighted by Gasteiger charge is -2.13. The highest BCUT2D eigenvalue weighted by molar-refractivity contribution is 7.84. The number of para-hydroxylation sites is 1. The van der Waals surface area contributed by atoms with Crippen LogP contribution in [0, 0.1) is 0 Å². The summed E-state index contributed by atoms with van der Waals surface area (Å²) in [5, 5.41) is 3.41. The van der Waals surface area contributed by atoms with Crippen molar-refractivity contribution in [3.05, 3.63) is 30.3 Å². The van der Waals surface area contributed by atoms with Crippen LogP contribution in [0.15, 0.2) is 30.3 Å². The van der Waals surface area contributed by atoms with Gasteiger partial charge in [0.1, 0.15) is 5.75 Å². The number of hydrogen-bond donors (Lipinski definition) is 1. The van der Waals surface area contributed by atoms with E-state index in [1.165, 1.54) is 0 Å². The van der Waals surface area contributed by atoms with E-state index in [1.54, 1.807) is 6.26 Å². The molecule has 0 radical (unpaired) electrons. The van der Waals surface area contributed by atoms with Crippen LogP contribution in [0.1, 0.15) is 19.8 Å². The number of benzene rings is 1. The molecule has 18 heavy (non-hydrogen) atoms. The van der Waals surface area contributed by atoms with Crippen LogP contribution in [0.2, 0.25) is 0 Å². The van der Waals surface area contributed by atoms with Gasteiger partial charge in [-0.2, -0.15) is 0 Å². The molecule has 102 valence electrons. The van der Waals surface area contributed by atoms with Crippen molar-refractivity contribution in [2.75, 3.05) is 25.2 Å². The van der Waals surface area contributed by atoms with Crippen LogP contribution in [0.25, 0.3) is 0 Å². The van der Waals surface area contributed by atoms with E-state index in [4.69, 9.17) is 4.74 Å². The maximum absolute atomic E-state index is 10.9. The summed E-state index contributed by atoms with van der Waals surface area (Å²) in [5.41, 5.74) is 0. The standard InChI is InChI=1S/C14H23NO2S/c1-13(9-12-18(2)16)15-10-6-11-17-14-7-4-3-5-8-14/h3-5,7-8,13,15H,6,9-12H2,1-2H3. The minimum absolute atomic E-state index is 0.422. The van der Waals surface area contributed by atoms with E-state index < -0.39 is 10.8 Å². The molecular weight excluding hydrogens is 246 g/mol. The molecule has 0 aliphatic heterocycles. The van der Waals surface area contributed by atoms with Crippen molar-refractivity contribution in [2.45, 2.75) is 25.8 Å². The fourth-order valence-electron chi connectivity index (χ4n) is 1.57. The molecule has 2 unspecified atom stereocenters. The third-order valence-corrected chi connectivity index (χ3v) is 3.47. The molecule has 1 N–H and O–H groups in total. The molecule has 0 heterocycles. The highest BCUT2D eigenvalue weighted by Gasteiger charge is 2.02. The van der Waals surface area contributed by atoms with Crippen LogP contribution in [0.5, 0.6) is 5.75 Å². The topological polar surface area (TPSA) is 38.3 Å². The van der Waals surface area contributed by atoms with Gasteiger partial charge in [-0.3, -0.25) is 4.21 Å². The van der Waals surface area contributed by atoms with Crippen LogP contribution >= 0.6 is 0 Å². The quantitative estimate of drug-likeness (QED) is 0.699. The monoisotopic (exact) mass is 269 g/mol. The number of rotatable bonds is 9. The van der Waals surface area contributed by atoms with Gasteiger partial charge in [0.2, 0.25) is 0 Å². The van der Waals surface area contributed by atoms with Gasteiger partial charge in [-0.15, -0.1) is 0 Å². The van der Waals surface area contributed by atoms with Crippen molar-refractivity contribution < 1.29 is 8.95 Å². The zero-order valence-electron chi connectivity index (χ0n) is 11.2. The Morgan fingerprint density at radius 1 is 1.33 bits per heavy atom. The first kappa shape index (κ1) is 15.2. The largest absolute Gasteiger partial charge is 0.494 e. The lowest BCUT2D eigenvalue weighted by Crippen LogP contribution is -2.29. The van der Waals surface area contributed by atoms with E-state index in [0.717, 1.165) is 37.5 Å². The van der Waals surface area contributed by atoms with Crippen LogP contribution in [0.4, 0.5) is 0 Å². The molecule has 0 aliphatic rings. The van der Waals surface area contributed by atoms with Crippen molar-refractivity contribution in [3.8, 4) is 5.75 Å². The molecule has 4 heteroatoms. The molecule has 0 saturated heterocycles. The van der Waals surface area contributed by atoms with E-state index in [2.05, 4.69) is 12.2 Å². The molecule has 3 nitrogen and oxygen atoms in total. The molecule has 0 spiro atoms. The predicted octanol–water partition coefficient (Wildman–Crippen LogP) is 2.20. The van der Waals surface area contributed by atoms with Gasteiger partial charge < -0.3 is 10.1 Å². The number of hydrogen-bond acceptors (Lipinski definition) is 3. The van der Waals surface area contributed by atoms with Gasteiger partial charge in [0.25, 0.3) is 0 Å². The first-order chi connectivity index (χ1) is 8.68. The Kier molecular flexibility index (Phi) is 7.69. The van der Waals surface area contributed by atoms with Crippen LogP contribution in [-0.4, -0.2) is 35.4 Å². The molecule has 0 amide bonds. The Hall–Kier alpha value is -0.870. The third-order valence-electron chi connectivity index (χ3n) is 2.66. The molecule has 1 rings (SSSR count). The van der Waals surface area contributed by atoms with Crippen LogP contribution in [0.3, 0.4) is 0 Å². The highest BCUT2D eigenvalue weighted by atomic mass is 32.2. The summed E-state index contributed by atoms with van der Waals surface area (Å²) < 4.78 is 16.5. The van der Waals surface area contributed by atoms with Crippen molar-refractivity contribution in [2.24, 2.45) is 0 Å². The van der Waals surface area contributed by atoms with E-state index in [1.807, 2.05) is 30.3 Å². The minimum Gasteiger partial charge on any atom is -0.494 e. The van der Waals surface area contributed by atoms with Gasteiger partial charge in [0.05, 0.1) is 6.61 Å². The van der Waals surface area contributed by atoms with Crippen LogP contribution < -0.4 is 10.1 Å². The Balaban J connectivity index is 2.00. The Labute approximate surface area is 112 Å². The summed E-state index contributed by atoms with van der Waals surface area (Å²) in [6.07, 6.45) is 3.69. The Morgan fingerprint density at radius 3 is 2.72 bits per heavy atom. The van der Waals surface area contributed by atoms with Gasteiger partial charge in [-0.1, -0.05) is 18.2 Å². The van der Waals surface area contributed by atoms with Gasteiger partial charge in [0.15, 0.2) is 0 Å². The average Bonchev–Trinajstić information content (AvgIpc) is 2.37. The van der Waals surface area contributed by atoms with Crippen LogP contribution in [-0.2, 0) is 10.8 Å². The van der Waals surface area contributed by atoms with Crippen molar-refractivity contribution in [3.63, 3.8) is 0 Å². The predicted molar refractivity (Wildman–Crippen MR) is 77.6 cm³/mol. The normalized spacial score (nSPS) is 14.1. The van der Waals surface area contributed by atoms with Crippen molar-refractivity contribution >= 4 is 10.8 Å². The fourth-order valence-corrected chi connectivity index (χ4v) is 2.26. The van der Waals surface area contributed by atoms with E-state index in [9.17, 15) is 4.21 Å². The van der Waals surface area contributed by atoms with Gasteiger partial charge >= 0.3 is 0 Å². The third kappa shape index (κ3) is 7.45. The minimum atomic E-state index is -0.685. The Morgan fingerprint density at radius 2 is 2.06 bits per heavy atom. The Bertz CT molecular complexity index is 343. The molecule has 0 aliphatic carbocycles. The molecule has 2 atom stereocenters. The second kappa shape index (κ2) is 9.11. The van der Waals surface area contributed by atoms with E-state index in [0.29, 0.717) is 6.04 Å². The summed E-state index contributed by atoms with van der Waals surface area (Å²) in [6, 6.07) is 10.3. The lowest BCUT2D eigenvalue weighted by molar-refractivity contribution is 0.305. The molecule has 0 fully saturated rings. The second-order valence-electron chi connectivity index (χ2n) is 4.44. The molecule has 0 aromatic heterocycles. The average molecular weight is 269 g/mol. The SMILES string of the molecule is CC(CCS(C)=O)NCCCOc1ccccc1. The maximum Gasteiger partial charge on any atom is 0.119 e. The summed E-state index contributed by atoms with van der Waals surface area (Å²) in [5.74, 6) is 1.70. The van der Waals surface area contributed by atoms with Gasteiger partial charge in [-0.05, 0) is 38.4 Å². The molecular formula is C14H23NO2S. The highest BCUT2D eigenvalue weighted by Crippen LogP contribution is 2.08. The van der Waals surface area contributed by atoms with Gasteiger partial charge in [-0.25, -0.2) is 0 Å². The van der Waals surface area contributed by atoms with E-state index in [-0.39, 0.29) is 0 Å². The zero-order valence-corrected chi connectivity index (χ0v) is 12.0. The molecule has 0 saturated carbocycles. The number of ether oxygens (including phenoxy) is 1. The van der Waals surface area contributed by atoms with Crippen molar-refractivity contribution in [1.29, 1.82) is 0 Å². The summed E-state index contributed by atoms with van der Waals surface area (Å²) in [6.45, 7) is 3.79. The van der Waals surface area contributed by atoms with Crippen molar-refractivity contribution in [1.82, 2.24) is 5.32 Å².